The Bertz CT molecular complexity index is 2360. The van der Waals surface area contributed by atoms with Crippen molar-refractivity contribution in [3.8, 4) is 27.7 Å². The van der Waals surface area contributed by atoms with Crippen LogP contribution >= 0.6 is 11.3 Å². The van der Waals surface area contributed by atoms with Crippen LogP contribution in [0.5, 0.6) is 17.2 Å². The molecule has 386 valence electrons. The molecule has 0 aliphatic carbocycles. The molecule has 0 radical (unpaired) electrons. The van der Waals surface area contributed by atoms with Crippen LogP contribution in [-0.2, 0) is 9.59 Å². The van der Waals surface area contributed by atoms with Crippen molar-refractivity contribution < 1.29 is 28.6 Å². The number of nitrogens with zero attached hydrogens (tertiary/aromatic N) is 1. The van der Waals surface area contributed by atoms with E-state index in [1.165, 1.54) is 30.6 Å². The van der Waals surface area contributed by atoms with Gasteiger partial charge in [-0.15, -0.1) is 11.3 Å². The molecule has 3 aromatic carbocycles. The summed E-state index contributed by atoms with van der Waals surface area (Å²) in [7, 11) is 0. The van der Waals surface area contributed by atoms with Crippen LogP contribution in [0.3, 0.4) is 0 Å². The Hall–Kier alpha value is -5.57. The quantitative estimate of drug-likeness (QED) is 0.0149. The summed E-state index contributed by atoms with van der Waals surface area (Å²) in [6, 6.07) is 20.4. The average Bonchev–Trinajstić information content (AvgIpc) is 3.78. The number of allylic oxidation sites excluding steroid dienone is 12. The number of hydrogen-bond acceptors (Lipinski definition) is 8. The second-order valence-electron chi connectivity index (χ2n) is 18.7. The first kappa shape index (κ1) is 57.3. The predicted molar refractivity (Wildman–Crippen MR) is 303 cm³/mol. The molecule has 0 saturated carbocycles. The number of esters is 2. The molecule has 1 aliphatic rings. The number of likely N-dealkylation sites (tertiary alicyclic amines) is 1. The van der Waals surface area contributed by atoms with Crippen molar-refractivity contribution >= 4 is 39.1 Å². The standard InChI is InChI=1S/C64H83NO6S/c1-3-5-7-9-11-13-15-17-19-21-23-25-27-29-32-36-60(66)70-56-44-40-54(41-45-56)64-62(63(68)53-38-42-55(43-39-53)69-51-50-65-48-34-31-35-49-65)58-47-46-57(52-59(58)72-64)71-61(67)37-33-30-28-26-24-22-20-18-16-14-12-10-8-6-4-2/h5-8,11-14,17-20,38-47,52H,3-4,9-10,15-16,21-37,48-51H2,1-2H3. The molecule has 72 heavy (non-hydrogen) atoms. The minimum atomic E-state index is -0.249. The van der Waals surface area contributed by atoms with E-state index in [-0.39, 0.29) is 17.7 Å². The van der Waals surface area contributed by atoms with Crippen molar-refractivity contribution in [2.45, 2.75) is 162 Å². The van der Waals surface area contributed by atoms with Crippen molar-refractivity contribution in [3.63, 3.8) is 0 Å². The van der Waals surface area contributed by atoms with Gasteiger partial charge in [0.15, 0.2) is 5.78 Å². The summed E-state index contributed by atoms with van der Waals surface area (Å²) in [5.74, 6) is 1.09. The maximum atomic E-state index is 14.5. The minimum Gasteiger partial charge on any atom is -0.492 e. The zero-order chi connectivity index (χ0) is 50.7. The normalized spacial score (nSPS) is 13.6. The van der Waals surface area contributed by atoms with Gasteiger partial charge in [0.25, 0.3) is 0 Å². The lowest BCUT2D eigenvalue weighted by Crippen LogP contribution is -2.33. The van der Waals surface area contributed by atoms with Crippen LogP contribution in [0, 0.1) is 0 Å². The monoisotopic (exact) mass is 994 g/mol. The molecule has 7 nitrogen and oxygen atoms in total. The average molecular weight is 994 g/mol. The summed E-state index contributed by atoms with van der Waals surface area (Å²) in [5, 5.41) is 0.790. The highest BCUT2D eigenvalue weighted by Gasteiger charge is 2.23. The van der Waals surface area contributed by atoms with Gasteiger partial charge in [0.2, 0.25) is 0 Å². The van der Waals surface area contributed by atoms with Crippen LogP contribution in [0.4, 0.5) is 0 Å². The van der Waals surface area contributed by atoms with Crippen LogP contribution in [0.2, 0.25) is 0 Å². The molecule has 4 aromatic rings. The molecule has 0 spiro atoms. The van der Waals surface area contributed by atoms with Crippen LogP contribution in [0.15, 0.2) is 140 Å². The highest BCUT2D eigenvalue weighted by Crippen LogP contribution is 2.42. The number of piperidine rings is 1. The second kappa shape index (κ2) is 35.5. The molecule has 0 N–H and O–H groups in total. The van der Waals surface area contributed by atoms with Crippen LogP contribution in [0.25, 0.3) is 20.5 Å². The minimum absolute atomic E-state index is 0.106. The van der Waals surface area contributed by atoms with Gasteiger partial charge in [-0.05, 0) is 175 Å². The van der Waals surface area contributed by atoms with Gasteiger partial charge in [-0.3, -0.25) is 19.3 Å². The van der Waals surface area contributed by atoms with Crippen molar-refractivity contribution in [1.82, 2.24) is 4.90 Å². The van der Waals surface area contributed by atoms with Gasteiger partial charge < -0.3 is 14.2 Å². The number of ether oxygens (including phenoxy) is 3. The number of carbonyl (C=O) groups excluding carboxylic acids is 3. The van der Waals surface area contributed by atoms with E-state index in [4.69, 9.17) is 14.2 Å². The van der Waals surface area contributed by atoms with Gasteiger partial charge in [0, 0.05) is 45.5 Å². The molecular weight excluding hydrogens is 911 g/mol. The van der Waals surface area contributed by atoms with Gasteiger partial charge in [-0.1, -0.05) is 132 Å². The van der Waals surface area contributed by atoms with E-state index in [2.05, 4.69) is 91.7 Å². The van der Waals surface area contributed by atoms with E-state index < -0.39 is 0 Å². The fourth-order valence-corrected chi connectivity index (χ4v) is 9.94. The largest absolute Gasteiger partial charge is 0.492 e. The number of hydrogen-bond donors (Lipinski definition) is 0. The van der Waals surface area contributed by atoms with E-state index in [0.29, 0.717) is 42.1 Å². The topological polar surface area (TPSA) is 82.1 Å². The molecular formula is C64H83NO6S. The van der Waals surface area contributed by atoms with Gasteiger partial charge in [0.05, 0.1) is 0 Å². The third-order valence-corrected chi connectivity index (χ3v) is 14.0. The third kappa shape index (κ3) is 22.5. The highest BCUT2D eigenvalue weighted by molar-refractivity contribution is 7.22. The summed E-state index contributed by atoms with van der Waals surface area (Å²) in [6.45, 7) is 8.05. The molecule has 8 heteroatoms. The molecule has 1 aromatic heterocycles. The van der Waals surface area contributed by atoms with E-state index in [1.807, 2.05) is 48.5 Å². The lowest BCUT2D eigenvalue weighted by molar-refractivity contribution is -0.135. The van der Waals surface area contributed by atoms with E-state index in [1.54, 1.807) is 18.2 Å². The number of carbonyl (C=O) groups is 3. The van der Waals surface area contributed by atoms with Crippen LogP contribution in [-0.4, -0.2) is 48.9 Å². The summed E-state index contributed by atoms with van der Waals surface area (Å²) in [6.07, 6.45) is 50.0. The first-order chi connectivity index (χ1) is 35.4. The van der Waals surface area contributed by atoms with Gasteiger partial charge in [0.1, 0.15) is 23.9 Å². The maximum Gasteiger partial charge on any atom is 0.311 e. The Labute approximate surface area is 436 Å². The summed E-state index contributed by atoms with van der Waals surface area (Å²) < 4.78 is 18.5. The molecule has 1 fully saturated rings. The molecule has 1 saturated heterocycles. The fourth-order valence-electron chi connectivity index (χ4n) is 8.71. The van der Waals surface area contributed by atoms with E-state index in [9.17, 15) is 14.4 Å². The van der Waals surface area contributed by atoms with Gasteiger partial charge >= 0.3 is 11.9 Å². The van der Waals surface area contributed by atoms with Gasteiger partial charge in [-0.2, -0.15) is 0 Å². The number of fused-ring (bicyclic) bond motifs is 1. The maximum absolute atomic E-state index is 14.5. The molecule has 0 amide bonds. The summed E-state index contributed by atoms with van der Waals surface area (Å²) in [5.41, 5.74) is 1.97. The first-order valence-electron chi connectivity index (χ1n) is 27.4. The highest BCUT2D eigenvalue weighted by atomic mass is 32.1. The van der Waals surface area contributed by atoms with Crippen LogP contribution < -0.4 is 14.2 Å². The Morgan fingerprint density at radius 3 is 1.58 bits per heavy atom. The lowest BCUT2D eigenvalue weighted by atomic mass is 9.97. The SMILES string of the molecule is CCC=CCC=CCC=CCCCCCCCC(=O)Oc1ccc(-c2sc3cc(OC(=O)CCCCCCCC=CCC=CCC=CCC)ccc3c2C(=O)c2ccc(OCCN3CCCCC3)cc2)cc1. The zero-order valence-electron chi connectivity index (χ0n) is 43.7. The number of unbranched alkanes of at least 4 members (excludes halogenated alkanes) is 10. The molecule has 0 atom stereocenters. The second-order valence-corrected chi connectivity index (χ2v) is 19.8. The molecule has 0 bridgehead atoms. The van der Waals surface area contributed by atoms with E-state index >= 15 is 0 Å². The number of rotatable bonds is 35. The molecule has 5 rings (SSSR count). The Morgan fingerprint density at radius 1 is 0.528 bits per heavy atom. The van der Waals surface area contributed by atoms with Crippen LogP contribution in [0.1, 0.15) is 177 Å². The Morgan fingerprint density at radius 2 is 1.01 bits per heavy atom. The number of thiophene rings is 1. The number of ketones is 1. The van der Waals surface area contributed by atoms with Crippen molar-refractivity contribution in [1.29, 1.82) is 0 Å². The van der Waals surface area contributed by atoms with Gasteiger partial charge in [-0.25, -0.2) is 0 Å². The Balaban J connectivity index is 1.13. The fraction of sp³-hybridized carbons (Fsp3) is 0.453. The van der Waals surface area contributed by atoms with Crippen molar-refractivity contribution in [3.05, 3.63) is 151 Å². The number of benzene rings is 3. The molecule has 2 heterocycles. The summed E-state index contributed by atoms with van der Waals surface area (Å²) in [4.78, 5) is 43.6. The molecule has 1 aliphatic heterocycles. The predicted octanol–water partition coefficient (Wildman–Crippen LogP) is 17.7. The third-order valence-electron chi connectivity index (χ3n) is 12.8. The van der Waals surface area contributed by atoms with Crippen molar-refractivity contribution in [2.75, 3.05) is 26.2 Å². The van der Waals surface area contributed by atoms with E-state index in [0.717, 1.165) is 161 Å². The van der Waals surface area contributed by atoms with Crippen molar-refractivity contribution in [2.24, 2.45) is 0 Å². The summed E-state index contributed by atoms with van der Waals surface area (Å²) >= 11 is 1.49. The zero-order valence-corrected chi connectivity index (χ0v) is 44.5. The lowest BCUT2D eigenvalue weighted by Gasteiger charge is -2.26. The molecule has 0 unspecified atom stereocenters. The smallest absolute Gasteiger partial charge is 0.311 e. The Kier molecular flexibility index (Phi) is 28.3. The first-order valence-corrected chi connectivity index (χ1v) is 28.2.